The van der Waals surface area contributed by atoms with Gasteiger partial charge in [0.15, 0.2) is 0 Å². The highest BCUT2D eigenvalue weighted by atomic mass is 19.1. The van der Waals surface area contributed by atoms with Gasteiger partial charge >= 0.3 is 6.03 Å². The molecule has 0 spiro atoms. The number of aromatic nitrogens is 1. The summed E-state index contributed by atoms with van der Waals surface area (Å²) in [4.78, 5) is 16.6. The summed E-state index contributed by atoms with van der Waals surface area (Å²) < 4.78 is 18.8. The number of hydrogen-bond acceptors (Lipinski definition) is 3. The molecule has 0 aliphatic rings. The Bertz CT molecular complexity index is 1110. The van der Waals surface area contributed by atoms with Crippen LogP contribution in [-0.2, 0) is 6.54 Å². The second kappa shape index (κ2) is 8.39. The van der Waals surface area contributed by atoms with Crippen LogP contribution in [0.5, 0.6) is 0 Å². The molecule has 4 aromatic rings. The van der Waals surface area contributed by atoms with Crippen molar-refractivity contribution in [1.29, 1.82) is 0 Å². The minimum Gasteiger partial charge on any atom is -0.444 e. The van der Waals surface area contributed by atoms with Crippen molar-refractivity contribution in [2.24, 2.45) is 0 Å². The minimum atomic E-state index is -0.371. The van der Waals surface area contributed by atoms with Crippen LogP contribution >= 0.6 is 0 Å². The van der Waals surface area contributed by atoms with Gasteiger partial charge in [-0.05, 0) is 42.0 Å². The van der Waals surface area contributed by atoms with E-state index < -0.39 is 0 Å². The monoisotopic (exact) mass is 387 g/mol. The fraction of sp³-hybridized carbons (Fsp3) is 0.0435. The molecule has 4 rings (SSSR count). The molecule has 2 amide bonds. The quantitative estimate of drug-likeness (QED) is 0.477. The third-order valence-corrected chi connectivity index (χ3v) is 4.31. The smallest absolute Gasteiger partial charge is 0.319 e. The highest BCUT2D eigenvalue weighted by Crippen LogP contribution is 2.25. The number of benzene rings is 3. The lowest BCUT2D eigenvalue weighted by Crippen LogP contribution is -2.28. The van der Waals surface area contributed by atoms with Gasteiger partial charge in [0.2, 0.25) is 5.89 Å². The Morgan fingerprint density at radius 1 is 0.931 bits per heavy atom. The van der Waals surface area contributed by atoms with Gasteiger partial charge in [-0.2, -0.15) is 0 Å². The van der Waals surface area contributed by atoms with E-state index in [0.29, 0.717) is 17.1 Å². The molecule has 0 saturated heterocycles. The molecule has 29 heavy (non-hydrogen) atoms. The van der Waals surface area contributed by atoms with Crippen LogP contribution in [0.25, 0.3) is 22.7 Å². The fourth-order valence-corrected chi connectivity index (χ4v) is 2.85. The van der Waals surface area contributed by atoms with Crippen LogP contribution in [0, 0.1) is 5.82 Å². The van der Waals surface area contributed by atoms with Crippen LogP contribution in [-0.4, -0.2) is 11.0 Å². The van der Waals surface area contributed by atoms with Gasteiger partial charge in [0.25, 0.3) is 0 Å². The van der Waals surface area contributed by atoms with Crippen molar-refractivity contribution in [3.8, 4) is 22.7 Å². The van der Waals surface area contributed by atoms with Gasteiger partial charge in [-0.3, -0.25) is 0 Å². The summed E-state index contributed by atoms with van der Waals surface area (Å²) >= 11 is 0. The maximum absolute atomic E-state index is 13.2. The molecule has 0 aliphatic heterocycles. The zero-order valence-electron chi connectivity index (χ0n) is 15.4. The largest absolute Gasteiger partial charge is 0.444 e. The Kier molecular flexibility index (Phi) is 5.33. The van der Waals surface area contributed by atoms with Crippen molar-refractivity contribution in [2.45, 2.75) is 6.54 Å². The molecule has 6 heteroatoms. The average Bonchev–Trinajstić information content (AvgIpc) is 3.24. The summed E-state index contributed by atoms with van der Waals surface area (Å²) in [6.45, 7) is 0.236. The van der Waals surface area contributed by atoms with Crippen LogP contribution in [0.15, 0.2) is 89.5 Å². The average molecular weight is 387 g/mol. The Morgan fingerprint density at radius 3 is 2.48 bits per heavy atom. The molecule has 1 heterocycles. The van der Waals surface area contributed by atoms with Crippen molar-refractivity contribution in [3.63, 3.8) is 0 Å². The van der Waals surface area contributed by atoms with Gasteiger partial charge < -0.3 is 15.1 Å². The molecule has 0 radical (unpaired) electrons. The number of carbonyl (C=O) groups is 1. The van der Waals surface area contributed by atoms with Crippen LogP contribution in [0.3, 0.4) is 0 Å². The third-order valence-electron chi connectivity index (χ3n) is 4.31. The summed E-state index contributed by atoms with van der Waals surface area (Å²) in [5.41, 5.74) is 3.86. The van der Waals surface area contributed by atoms with Gasteiger partial charge in [-0.15, -0.1) is 0 Å². The second-order valence-electron chi connectivity index (χ2n) is 6.42. The molecule has 0 atom stereocenters. The normalized spacial score (nSPS) is 10.5. The number of oxazole rings is 1. The Labute approximate surface area is 167 Å². The zero-order chi connectivity index (χ0) is 20.1. The molecule has 5 nitrogen and oxygen atoms in total. The maximum atomic E-state index is 13.2. The molecular formula is C23H18FN3O2. The van der Waals surface area contributed by atoms with Crippen molar-refractivity contribution in [3.05, 3.63) is 96.5 Å². The van der Waals surface area contributed by atoms with Gasteiger partial charge in [-0.1, -0.05) is 42.5 Å². The van der Waals surface area contributed by atoms with E-state index in [4.69, 9.17) is 4.42 Å². The van der Waals surface area contributed by atoms with Gasteiger partial charge in [0.05, 0.1) is 0 Å². The Morgan fingerprint density at radius 2 is 1.72 bits per heavy atom. The molecule has 0 unspecified atom stereocenters. The van der Waals surface area contributed by atoms with E-state index in [9.17, 15) is 9.18 Å². The van der Waals surface area contributed by atoms with Crippen LogP contribution < -0.4 is 10.6 Å². The summed E-state index contributed by atoms with van der Waals surface area (Å²) in [5, 5.41) is 5.44. The van der Waals surface area contributed by atoms with E-state index in [-0.39, 0.29) is 18.4 Å². The molecule has 0 aliphatic carbocycles. The Balaban J connectivity index is 1.37. The first-order chi connectivity index (χ1) is 14.2. The van der Waals surface area contributed by atoms with Gasteiger partial charge in [0.1, 0.15) is 17.8 Å². The van der Waals surface area contributed by atoms with Crippen LogP contribution in [0.2, 0.25) is 0 Å². The predicted octanol–water partition coefficient (Wildman–Crippen LogP) is 5.47. The van der Waals surface area contributed by atoms with Crippen molar-refractivity contribution < 1.29 is 13.6 Å². The van der Waals surface area contributed by atoms with Crippen molar-refractivity contribution in [2.75, 3.05) is 5.32 Å². The SMILES string of the molecule is O=C(NCc1cccc(F)c1)Nc1ccc(-c2nc(-c3ccccc3)co2)cc1. The lowest BCUT2D eigenvalue weighted by molar-refractivity contribution is 0.251. The zero-order valence-corrected chi connectivity index (χ0v) is 15.4. The molecular weight excluding hydrogens is 369 g/mol. The highest BCUT2D eigenvalue weighted by molar-refractivity contribution is 5.89. The number of carbonyl (C=O) groups excluding carboxylic acids is 1. The lowest BCUT2D eigenvalue weighted by atomic mass is 10.2. The first-order valence-electron chi connectivity index (χ1n) is 9.08. The van der Waals surface area contributed by atoms with Gasteiger partial charge in [-0.25, -0.2) is 14.2 Å². The summed E-state index contributed by atoms with van der Waals surface area (Å²) in [6.07, 6.45) is 1.62. The molecule has 3 aromatic carbocycles. The van der Waals surface area contributed by atoms with Crippen molar-refractivity contribution in [1.82, 2.24) is 10.3 Å². The fourth-order valence-electron chi connectivity index (χ4n) is 2.85. The molecule has 0 bridgehead atoms. The number of urea groups is 1. The molecule has 2 N–H and O–H groups in total. The number of anilines is 1. The topological polar surface area (TPSA) is 67.2 Å². The molecule has 0 fully saturated rings. The van der Waals surface area contributed by atoms with E-state index in [1.807, 2.05) is 42.5 Å². The standard InChI is InChI=1S/C23H18FN3O2/c24-19-8-4-5-16(13-19)14-25-23(28)26-20-11-9-18(10-12-20)22-27-21(15-29-22)17-6-2-1-3-7-17/h1-13,15H,14H2,(H2,25,26,28). The number of halogens is 1. The van der Waals surface area contributed by atoms with E-state index in [1.54, 1.807) is 30.5 Å². The van der Waals surface area contributed by atoms with Crippen LogP contribution in [0.1, 0.15) is 5.56 Å². The summed E-state index contributed by atoms with van der Waals surface area (Å²) in [5.74, 6) is 0.174. The number of hydrogen-bond donors (Lipinski definition) is 2. The van der Waals surface area contributed by atoms with E-state index >= 15 is 0 Å². The first-order valence-corrected chi connectivity index (χ1v) is 9.08. The van der Waals surface area contributed by atoms with Crippen molar-refractivity contribution >= 4 is 11.7 Å². The number of rotatable bonds is 5. The van der Waals surface area contributed by atoms with Gasteiger partial charge in [0, 0.05) is 23.4 Å². The number of amides is 2. The molecule has 144 valence electrons. The highest BCUT2D eigenvalue weighted by Gasteiger charge is 2.09. The first kappa shape index (κ1) is 18.4. The summed E-state index contributed by atoms with van der Waals surface area (Å²) in [7, 11) is 0. The summed E-state index contributed by atoms with van der Waals surface area (Å²) in [6, 6.07) is 22.7. The lowest BCUT2D eigenvalue weighted by Gasteiger charge is -2.08. The Hall–Kier alpha value is -3.93. The third kappa shape index (κ3) is 4.68. The van der Waals surface area contributed by atoms with Crippen LogP contribution in [0.4, 0.5) is 14.9 Å². The molecule has 0 saturated carbocycles. The maximum Gasteiger partial charge on any atom is 0.319 e. The van der Waals surface area contributed by atoms with E-state index in [1.165, 1.54) is 12.1 Å². The number of nitrogens with one attached hydrogen (secondary N) is 2. The van der Waals surface area contributed by atoms with E-state index in [0.717, 1.165) is 16.8 Å². The predicted molar refractivity (Wildman–Crippen MR) is 110 cm³/mol. The molecule has 1 aromatic heterocycles. The second-order valence-corrected chi connectivity index (χ2v) is 6.42. The number of nitrogens with zero attached hydrogens (tertiary/aromatic N) is 1. The minimum absolute atomic E-state index is 0.236. The van der Waals surface area contributed by atoms with E-state index in [2.05, 4.69) is 15.6 Å².